The maximum absolute atomic E-state index is 11.0. The number of fused-ring (bicyclic) bond motifs is 1. The van der Waals surface area contributed by atoms with Crippen LogP contribution >= 0.6 is 11.8 Å². The molecule has 1 nitrogen and oxygen atoms in total. The molecule has 0 saturated carbocycles. The number of thioether (sulfide) groups is 1. The molecule has 0 amide bonds. The highest BCUT2D eigenvalue weighted by molar-refractivity contribution is 8.13. The quantitative estimate of drug-likeness (QED) is 0.529. The van der Waals surface area contributed by atoms with Crippen molar-refractivity contribution in [1.29, 1.82) is 0 Å². The zero-order valence-corrected chi connectivity index (χ0v) is 6.15. The molecule has 0 aromatic heterocycles. The first-order valence-electron chi connectivity index (χ1n) is 3.13. The lowest BCUT2D eigenvalue weighted by Gasteiger charge is -1.90. The van der Waals surface area contributed by atoms with Crippen LogP contribution in [0.1, 0.15) is 15.9 Å². The van der Waals surface area contributed by atoms with Gasteiger partial charge in [-0.25, -0.2) is 0 Å². The van der Waals surface area contributed by atoms with Crippen molar-refractivity contribution < 1.29 is 4.79 Å². The van der Waals surface area contributed by atoms with E-state index in [2.05, 4.69) is 0 Å². The lowest BCUT2D eigenvalue weighted by atomic mass is 10.1. The second kappa shape index (κ2) is 2.13. The van der Waals surface area contributed by atoms with Gasteiger partial charge in [0.1, 0.15) is 0 Å². The van der Waals surface area contributed by atoms with Crippen LogP contribution in [-0.2, 0) is 5.75 Å². The third kappa shape index (κ3) is 0.762. The van der Waals surface area contributed by atoms with Crippen molar-refractivity contribution in [3.05, 3.63) is 35.4 Å². The number of hydrogen-bond acceptors (Lipinski definition) is 2. The normalized spacial score (nSPS) is 15.4. The summed E-state index contributed by atoms with van der Waals surface area (Å²) in [5.41, 5.74) is 2.07. The van der Waals surface area contributed by atoms with Crippen LogP contribution in [0.15, 0.2) is 24.3 Å². The molecule has 1 aromatic carbocycles. The Bertz CT molecular complexity index is 280. The fourth-order valence-electron chi connectivity index (χ4n) is 1.07. The first-order chi connectivity index (χ1) is 4.88. The van der Waals surface area contributed by atoms with E-state index in [-0.39, 0.29) is 5.12 Å². The second-order valence-electron chi connectivity index (χ2n) is 2.23. The van der Waals surface area contributed by atoms with E-state index in [9.17, 15) is 4.79 Å². The van der Waals surface area contributed by atoms with Crippen LogP contribution in [0.25, 0.3) is 0 Å². The van der Waals surface area contributed by atoms with Gasteiger partial charge in [0.15, 0.2) is 0 Å². The number of rotatable bonds is 0. The SMILES string of the molecule is [18O]=C1SCc2ccccc21. The third-order valence-electron chi connectivity index (χ3n) is 1.60. The van der Waals surface area contributed by atoms with Crippen LogP contribution in [0.4, 0.5) is 0 Å². The summed E-state index contributed by atoms with van der Waals surface area (Å²) >= 11 is 1.39. The van der Waals surface area contributed by atoms with Crippen molar-refractivity contribution in [3.8, 4) is 0 Å². The zero-order chi connectivity index (χ0) is 6.97. The van der Waals surface area contributed by atoms with Crippen LogP contribution in [0.2, 0.25) is 0 Å². The summed E-state index contributed by atoms with van der Waals surface area (Å²) in [6.45, 7) is 0. The predicted molar refractivity (Wildman–Crippen MR) is 42.1 cm³/mol. The lowest BCUT2D eigenvalue weighted by Crippen LogP contribution is -1.85. The summed E-state index contributed by atoms with van der Waals surface area (Å²) in [7, 11) is 0. The predicted octanol–water partition coefficient (Wildman–Crippen LogP) is 2.07. The summed E-state index contributed by atoms with van der Waals surface area (Å²) in [5.74, 6) is 0.856. The number of carbonyl (C=O) groups excluding carboxylic acids is 1. The number of benzene rings is 1. The zero-order valence-electron chi connectivity index (χ0n) is 5.33. The topological polar surface area (TPSA) is 17.1 Å². The van der Waals surface area contributed by atoms with E-state index in [1.165, 1.54) is 17.3 Å². The summed E-state index contributed by atoms with van der Waals surface area (Å²) in [4.78, 5) is 11.0. The fourth-order valence-corrected chi connectivity index (χ4v) is 1.96. The van der Waals surface area contributed by atoms with Crippen LogP contribution in [0.5, 0.6) is 0 Å². The van der Waals surface area contributed by atoms with Gasteiger partial charge >= 0.3 is 0 Å². The Morgan fingerprint density at radius 2 is 2.10 bits per heavy atom. The van der Waals surface area contributed by atoms with Gasteiger partial charge in [-0.1, -0.05) is 36.0 Å². The van der Waals surface area contributed by atoms with Gasteiger partial charge in [0.05, 0.1) is 0 Å². The summed E-state index contributed by atoms with van der Waals surface area (Å²) in [6, 6.07) is 7.77. The van der Waals surface area contributed by atoms with Gasteiger partial charge in [0.2, 0.25) is 5.12 Å². The Morgan fingerprint density at radius 3 is 2.90 bits per heavy atom. The molecule has 0 fully saturated rings. The van der Waals surface area contributed by atoms with Crippen LogP contribution in [0.3, 0.4) is 0 Å². The molecule has 0 unspecified atom stereocenters. The Hall–Kier alpha value is -0.760. The second-order valence-corrected chi connectivity index (χ2v) is 3.18. The van der Waals surface area contributed by atoms with Gasteiger partial charge in [0, 0.05) is 11.3 Å². The largest absolute Gasteiger partial charge is 0.282 e. The van der Waals surface area contributed by atoms with E-state index >= 15 is 0 Å². The monoisotopic (exact) mass is 152 g/mol. The van der Waals surface area contributed by atoms with Gasteiger partial charge in [-0.3, -0.25) is 4.79 Å². The average Bonchev–Trinajstić information content (AvgIpc) is 2.34. The van der Waals surface area contributed by atoms with Crippen molar-refractivity contribution in [3.63, 3.8) is 0 Å². The van der Waals surface area contributed by atoms with E-state index in [0.717, 1.165) is 11.3 Å². The smallest absolute Gasteiger partial charge is 0.219 e. The molecule has 1 aromatic rings. The van der Waals surface area contributed by atoms with Crippen molar-refractivity contribution >= 4 is 16.9 Å². The van der Waals surface area contributed by atoms with Crippen molar-refractivity contribution in [2.24, 2.45) is 0 Å². The molecule has 0 saturated heterocycles. The molecule has 2 rings (SSSR count). The summed E-state index contributed by atoms with van der Waals surface area (Å²) < 4.78 is 0. The molecular weight excluding hydrogens is 146 g/mol. The maximum Gasteiger partial charge on any atom is 0.219 e. The minimum atomic E-state index is 0.218. The molecule has 1 aliphatic rings. The van der Waals surface area contributed by atoms with Crippen molar-refractivity contribution in [1.82, 2.24) is 0 Å². The fraction of sp³-hybridized carbons (Fsp3) is 0.125. The van der Waals surface area contributed by atoms with Crippen molar-refractivity contribution in [2.45, 2.75) is 5.75 Å². The maximum atomic E-state index is 11.0. The number of carbonyl (C=O) groups is 1. The molecule has 1 heterocycles. The summed E-state index contributed by atoms with van der Waals surface area (Å²) in [6.07, 6.45) is 0. The molecule has 1 aliphatic heterocycles. The van der Waals surface area contributed by atoms with Gasteiger partial charge in [-0.2, -0.15) is 0 Å². The Kier molecular flexibility index (Phi) is 1.27. The molecular formula is C8H6OS. The van der Waals surface area contributed by atoms with Crippen LogP contribution in [-0.4, -0.2) is 5.12 Å². The molecule has 0 atom stereocenters. The first-order valence-corrected chi connectivity index (χ1v) is 4.11. The Balaban J connectivity index is 2.61. The number of hydrogen-bond donors (Lipinski definition) is 0. The lowest BCUT2D eigenvalue weighted by molar-refractivity contribution is 0.109. The minimum Gasteiger partial charge on any atom is -0.282 e. The minimum absolute atomic E-state index is 0.218. The molecule has 2 heteroatoms. The van der Waals surface area contributed by atoms with E-state index < -0.39 is 0 Å². The van der Waals surface area contributed by atoms with Crippen molar-refractivity contribution in [2.75, 3.05) is 0 Å². The van der Waals surface area contributed by atoms with Gasteiger partial charge < -0.3 is 0 Å². The molecule has 0 spiro atoms. The van der Waals surface area contributed by atoms with Crippen LogP contribution in [0, 0.1) is 0 Å². The molecule has 50 valence electrons. The standard InChI is InChI=1S/C8H6OS/c9-8-7-4-2-1-3-6(7)5-10-8/h1-4H,5H2/i9+2. The van der Waals surface area contributed by atoms with Gasteiger partial charge in [-0.05, 0) is 5.56 Å². The van der Waals surface area contributed by atoms with Gasteiger partial charge in [-0.15, -0.1) is 0 Å². The highest BCUT2D eigenvalue weighted by atomic mass is 32.2. The van der Waals surface area contributed by atoms with E-state index in [1.54, 1.807) is 0 Å². The molecule has 10 heavy (non-hydrogen) atoms. The Morgan fingerprint density at radius 1 is 1.30 bits per heavy atom. The molecule has 0 bridgehead atoms. The molecule has 0 aliphatic carbocycles. The van der Waals surface area contributed by atoms with E-state index in [0.29, 0.717) is 0 Å². The highest BCUT2D eigenvalue weighted by Gasteiger charge is 2.18. The molecule has 0 N–H and O–H groups in total. The first kappa shape index (κ1) is 5.98. The Labute approximate surface area is 63.4 Å². The van der Waals surface area contributed by atoms with Gasteiger partial charge in [0.25, 0.3) is 0 Å². The average molecular weight is 152 g/mol. The summed E-state index contributed by atoms with van der Waals surface area (Å²) in [5, 5.41) is 0.218. The highest BCUT2D eigenvalue weighted by Crippen LogP contribution is 2.28. The third-order valence-corrected chi connectivity index (χ3v) is 2.53. The van der Waals surface area contributed by atoms with E-state index in [4.69, 9.17) is 0 Å². The van der Waals surface area contributed by atoms with Crippen LogP contribution < -0.4 is 0 Å². The molecule has 0 radical (unpaired) electrons. The van der Waals surface area contributed by atoms with E-state index in [1.807, 2.05) is 24.3 Å².